The van der Waals surface area contributed by atoms with Crippen molar-refractivity contribution in [1.29, 1.82) is 0 Å². The minimum atomic E-state index is -0.670. The van der Waals surface area contributed by atoms with Crippen LogP contribution < -0.4 is 16.0 Å². The minimum absolute atomic E-state index is 0.132. The first kappa shape index (κ1) is 26.0. The highest BCUT2D eigenvalue weighted by Crippen LogP contribution is 2.26. The van der Waals surface area contributed by atoms with Gasteiger partial charge in [-0.1, -0.05) is 24.3 Å². The number of carbonyl (C=O) groups excluding carboxylic acids is 3. The monoisotopic (exact) mass is 499 g/mol. The number of imide groups is 1. The van der Waals surface area contributed by atoms with Gasteiger partial charge in [0.05, 0.1) is 0 Å². The fourth-order valence-corrected chi connectivity index (χ4v) is 4.65. The minimum Gasteiger partial charge on any atom is -0.444 e. The van der Waals surface area contributed by atoms with Gasteiger partial charge in [-0.25, -0.2) is 19.3 Å². The summed E-state index contributed by atoms with van der Waals surface area (Å²) >= 11 is 0. The van der Waals surface area contributed by atoms with Gasteiger partial charge >= 0.3 is 18.2 Å². The molecule has 3 N–H and O–H groups in total. The lowest BCUT2D eigenvalue weighted by molar-refractivity contribution is 0.0270. The molecular formula is C26H37N5O5. The Bertz CT molecular complexity index is 996. The Morgan fingerprint density at radius 2 is 1.86 bits per heavy atom. The smallest absolute Gasteiger partial charge is 0.410 e. The summed E-state index contributed by atoms with van der Waals surface area (Å²) in [6.07, 6.45) is 3.13. The fourth-order valence-electron chi connectivity index (χ4n) is 4.65. The number of carbonyl (C=O) groups is 3. The molecule has 4 rings (SSSR count). The van der Waals surface area contributed by atoms with Crippen molar-refractivity contribution in [2.75, 3.05) is 26.3 Å². The van der Waals surface area contributed by atoms with Gasteiger partial charge < -0.3 is 25.0 Å². The summed E-state index contributed by atoms with van der Waals surface area (Å²) in [6.45, 7) is 9.78. The third-order valence-electron chi connectivity index (χ3n) is 6.56. The molecule has 0 radical (unpaired) electrons. The van der Waals surface area contributed by atoms with Crippen LogP contribution in [0.1, 0.15) is 64.1 Å². The van der Waals surface area contributed by atoms with Gasteiger partial charge in [-0.3, -0.25) is 5.32 Å². The molecule has 5 amide bonds. The van der Waals surface area contributed by atoms with Crippen molar-refractivity contribution in [3.05, 3.63) is 41.5 Å². The van der Waals surface area contributed by atoms with Crippen molar-refractivity contribution in [2.45, 2.75) is 70.9 Å². The molecule has 0 bridgehead atoms. The SMILES string of the molecule is C[C@H](NC1NC(=O)N(C2CCOCC2)C(=O)N1)c1cccc(C2=CCN(C(=O)OC(C)(C)C)CC2)c1. The van der Waals surface area contributed by atoms with E-state index in [0.717, 1.165) is 17.5 Å². The van der Waals surface area contributed by atoms with Crippen molar-refractivity contribution in [3.8, 4) is 0 Å². The number of benzene rings is 1. The van der Waals surface area contributed by atoms with E-state index in [4.69, 9.17) is 9.47 Å². The highest BCUT2D eigenvalue weighted by molar-refractivity contribution is 5.96. The molecule has 0 aromatic heterocycles. The number of hydrogen-bond donors (Lipinski definition) is 3. The maximum Gasteiger partial charge on any atom is 0.410 e. The lowest BCUT2D eigenvalue weighted by Gasteiger charge is -2.39. The molecule has 2 fully saturated rings. The predicted molar refractivity (Wildman–Crippen MR) is 135 cm³/mol. The van der Waals surface area contributed by atoms with E-state index in [1.54, 1.807) is 4.90 Å². The Balaban J connectivity index is 1.35. The third kappa shape index (κ3) is 6.36. The Hall–Kier alpha value is -3.11. The summed E-state index contributed by atoms with van der Waals surface area (Å²) in [7, 11) is 0. The Morgan fingerprint density at radius 1 is 1.17 bits per heavy atom. The molecule has 0 spiro atoms. The van der Waals surface area contributed by atoms with Gasteiger partial charge in [0, 0.05) is 38.4 Å². The van der Waals surface area contributed by atoms with Crippen LogP contribution in [0.5, 0.6) is 0 Å². The Kier molecular flexibility index (Phi) is 7.85. The van der Waals surface area contributed by atoms with Crippen LogP contribution in [0.2, 0.25) is 0 Å². The van der Waals surface area contributed by atoms with Crippen LogP contribution in [0.25, 0.3) is 5.57 Å². The van der Waals surface area contributed by atoms with Crippen LogP contribution in [0.4, 0.5) is 14.4 Å². The maximum absolute atomic E-state index is 12.7. The first-order valence-corrected chi connectivity index (χ1v) is 12.6. The molecule has 1 atom stereocenters. The van der Waals surface area contributed by atoms with Crippen LogP contribution in [0.3, 0.4) is 0 Å². The summed E-state index contributed by atoms with van der Waals surface area (Å²) in [6, 6.07) is 7.09. The largest absolute Gasteiger partial charge is 0.444 e. The summed E-state index contributed by atoms with van der Waals surface area (Å²) in [4.78, 5) is 40.7. The molecule has 0 aliphatic carbocycles. The van der Waals surface area contributed by atoms with Gasteiger partial charge in [-0.15, -0.1) is 0 Å². The quantitative estimate of drug-likeness (QED) is 0.571. The van der Waals surface area contributed by atoms with E-state index in [1.807, 2.05) is 39.8 Å². The second kappa shape index (κ2) is 10.9. The van der Waals surface area contributed by atoms with Crippen molar-refractivity contribution < 1.29 is 23.9 Å². The average molecular weight is 500 g/mol. The normalized spacial score (nSPS) is 20.9. The molecular weight excluding hydrogens is 462 g/mol. The molecule has 3 heterocycles. The van der Waals surface area contributed by atoms with Crippen molar-refractivity contribution in [2.24, 2.45) is 0 Å². The number of nitrogens with one attached hydrogen (secondary N) is 3. The summed E-state index contributed by atoms with van der Waals surface area (Å²) in [5.41, 5.74) is 2.78. The summed E-state index contributed by atoms with van der Waals surface area (Å²) in [5.74, 6) is 0. The fraction of sp³-hybridized carbons (Fsp3) is 0.577. The molecule has 1 aromatic carbocycles. The molecule has 10 nitrogen and oxygen atoms in total. The molecule has 10 heteroatoms. The summed E-state index contributed by atoms with van der Waals surface area (Å²) in [5, 5.41) is 8.98. The predicted octanol–water partition coefficient (Wildman–Crippen LogP) is 3.56. The van der Waals surface area contributed by atoms with Crippen molar-refractivity contribution in [3.63, 3.8) is 0 Å². The first-order valence-electron chi connectivity index (χ1n) is 12.6. The van der Waals surface area contributed by atoms with E-state index in [2.05, 4.69) is 34.2 Å². The standard InChI is InChI=1S/C26H37N5O5/c1-17(27-22-28-23(32)31(24(33)29-22)21-10-14-35-15-11-21)19-6-5-7-20(16-19)18-8-12-30(13-9-18)25(34)36-26(2,3)4/h5-8,16-17,21-22,27H,9-15H2,1-4H3,(H,28,32)(H,29,33)/t17-/m0/s1. The number of nitrogens with zero attached hydrogens (tertiary/aromatic N) is 2. The zero-order chi connectivity index (χ0) is 25.9. The molecule has 0 saturated carbocycles. The molecule has 0 unspecified atom stereocenters. The maximum atomic E-state index is 12.7. The second-order valence-electron chi connectivity index (χ2n) is 10.5. The van der Waals surface area contributed by atoms with Gasteiger partial charge in [-0.2, -0.15) is 0 Å². The van der Waals surface area contributed by atoms with Gasteiger partial charge in [0.1, 0.15) is 5.60 Å². The van der Waals surface area contributed by atoms with E-state index in [1.165, 1.54) is 10.5 Å². The summed E-state index contributed by atoms with van der Waals surface area (Å²) < 4.78 is 10.8. The molecule has 36 heavy (non-hydrogen) atoms. The van der Waals surface area contributed by atoms with Gasteiger partial charge in [0.2, 0.25) is 0 Å². The molecule has 3 aliphatic rings. The first-order chi connectivity index (χ1) is 17.1. The second-order valence-corrected chi connectivity index (χ2v) is 10.5. The topological polar surface area (TPSA) is 112 Å². The van der Waals surface area contributed by atoms with Crippen LogP contribution in [0.15, 0.2) is 30.3 Å². The van der Waals surface area contributed by atoms with E-state index >= 15 is 0 Å². The Labute approximate surface area is 212 Å². The zero-order valence-electron chi connectivity index (χ0n) is 21.5. The van der Waals surface area contributed by atoms with Gasteiger partial charge in [-0.05, 0) is 69.7 Å². The van der Waals surface area contributed by atoms with E-state index in [0.29, 0.717) is 39.1 Å². The molecule has 2 saturated heterocycles. The van der Waals surface area contributed by atoms with Crippen LogP contribution >= 0.6 is 0 Å². The van der Waals surface area contributed by atoms with Gasteiger partial charge in [0.15, 0.2) is 6.29 Å². The van der Waals surface area contributed by atoms with E-state index in [9.17, 15) is 14.4 Å². The highest BCUT2D eigenvalue weighted by atomic mass is 16.6. The number of urea groups is 2. The number of amides is 5. The van der Waals surface area contributed by atoms with Crippen LogP contribution in [0, 0.1) is 0 Å². The van der Waals surface area contributed by atoms with E-state index < -0.39 is 24.0 Å². The van der Waals surface area contributed by atoms with Crippen molar-refractivity contribution in [1.82, 2.24) is 25.8 Å². The van der Waals surface area contributed by atoms with E-state index in [-0.39, 0.29) is 18.2 Å². The molecule has 196 valence electrons. The van der Waals surface area contributed by atoms with Crippen LogP contribution in [-0.4, -0.2) is 72.2 Å². The van der Waals surface area contributed by atoms with Crippen LogP contribution in [-0.2, 0) is 9.47 Å². The number of rotatable bonds is 5. The third-order valence-corrected chi connectivity index (χ3v) is 6.56. The number of hydrogen-bond acceptors (Lipinski definition) is 6. The number of ether oxygens (including phenoxy) is 2. The highest BCUT2D eigenvalue weighted by Gasteiger charge is 2.37. The average Bonchev–Trinajstić information content (AvgIpc) is 2.83. The lowest BCUT2D eigenvalue weighted by atomic mass is 9.96. The van der Waals surface area contributed by atoms with Gasteiger partial charge in [0.25, 0.3) is 0 Å². The zero-order valence-corrected chi connectivity index (χ0v) is 21.5. The molecule has 1 aromatic rings. The molecule has 3 aliphatic heterocycles. The van der Waals surface area contributed by atoms with Crippen molar-refractivity contribution >= 4 is 23.7 Å². The Morgan fingerprint density at radius 3 is 2.47 bits per heavy atom. The lowest BCUT2D eigenvalue weighted by Crippen LogP contribution is -2.70.